The summed E-state index contributed by atoms with van der Waals surface area (Å²) in [6.07, 6.45) is 3.98. The first-order chi connectivity index (χ1) is 8.13. The number of benzene rings is 1. The summed E-state index contributed by atoms with van der Waals surface area (Å²) in [5.74, 6) is 0.162. The molecule has 0 spiro atoms. The number of rotatable bonds is 2. The Balaban J connectivity index is 1.83. The molecule has 2 heterocycles. The molecule has 0 aliphatic carbocycles. The van der Waals surface area contributed by atoms with Crippen molar-refractivity contribution >= 4 is 0 Å². The van der Waals surface area contributed by atoms with Gasteiger partial charge in [0.15, 0.2) is 0 Å². The van der Waals surface area contributed by atoms with Gasteiger partial charge in [0.25, 0.3) is 0 Å². The summed E-state index contributed by atoms with van der Waals surface area (Å²) in [5.41, 5.74) is 8.11. The molecule has 2 bridgehead atoms. The minimum atomic E-state index is -0.195. The van der Waals surface area contributed by atoms with Crippen LogP contribution in [0.25, 0.3) is 0 Å². The third-order valence-corrected chi connectivity index (χ3v) is 4.06. The van der Waals surface area contributed by atoms with E-state index in [9.17, 15) is 4.39 Å². The molecule has 4 atom stereocenters. The molecule has 2 aliphatic rings. The van der Waals surface area contributed by atoms with Crippen molar-refractivity contribution in [2.45, 2.75) is 44.4 Å². The van der Waals surface area contributed by atoms with E-state index in [0.717, 1.165) is 30.4 Å². The molecule has 1 aromatic rings. The monoisotopic (exact) mass is 235 g/mol. The molecule has 2 N–H and O–H groups in total. The van der Waals surface area contributed by atoms with Crippen LogP contribution < -0.4 is 5.73 Å². The van der Waals surface area contributed by atoms with Gasteiger partial charge in [0.05, 0.1) is 12.2 Å². The van der Waals surface area contributed by atoms with E-state index in [1.165, 1.54) is 6.07 Å². The van der Waals surface area contributed by atoms with E-state index in [4.69, 9.17) is 10.5 Å². The van der Waals surface area contributed by atoms with Crippen molar-refractivity contribution in [2.75, 3.05) is 0 Å². The highest BCUT2D eigenvalue weighted by atomic mass is 19.1. The summed E-state index contributed by atoms with van der Waals surface area (Å²) in [5, 5.41) is 0. The normalized spacial score (nSPS) is 33.0. The van der Waals surface area contributed by atoms with Crippen LogP contribution in [-0.4, -0.2) is 12.2 Å². The Morgan fingerprint density at radius 3 is 2.76 bits per heavy atom. The number of nitrogens with two attached hydrogens (primary N) is 1. The first-order valence-electron chi connectivity index (χ1n) is 6.31. The first-order valence-corrected chi connectivity index (χ1v) is 6.31. The smallest absolute Gasteiger partial charge is 0.123 e. The van der Waals surface area contributed by atoms with Crippen molar-refractivity contribution in [3.63, 3.8) is 0 Å². The van der Waals surface area contributed by atoms with Gasteiger partial charge in [-0.3, -0.25) is 0 Å². The second-order valence-corrected chi connectivity index (χ2v) is 5.36. The summed E-state index contributed by atoms with van der Waals surface area (Å²) < 4.78 is 19.2. The maximum absolute atomic E-state index is 13.4. The summed E-state index contributed by atoms with van der Waals surface area (Å²) >= 11 is 0. The van der Waals surface area contributed by atoms with Crippen LogP contribution >= 0.6 is 0 Å². The Morgan fingerprint density at radius 2 is 2.18 bits per heavy atom. The van der Waals surface area contributed by atoms with Crippen molar-refractivity contribution in [1.82, 2.24) is 0 Å². The van der Waals surface area contributed by atoms with Gasteiger partial charge in [-0.25, -0.2) is 4.39 Å². The van der Waals surface area contributed by atoms with Gasteiger partial charge in [0, 0.05) is 12.0 Å². The van der Waals surface area contributed by atoms with E-state index in [1.54, 1.807) is 6.07 Å². The van der Waals surface area contributed by atoms with Crippen LogP contribution in [0.3, 0.4) is 0 Å². The van der Waals surface area contributed by atoms with E-state index in [-0.39, 0.29) is 11.9 Å². The predicted octanol–water partition coefficient (Wildman–Crippen LogP) is 2.70. The van der Waals surface area contributed by atoms with Gasteiger partial charge in [-0.1, -0.05) is 6.07 Å². The lowest BCUT2D eigenvalue weighted by molar-refractivity contribution is 0.0884. The Kier molecular flexibility index (Phi) is 2.68. The molecule has 2 aliphatic heterocycles. The highest BCUT2D eigenvalue weighted by Gasteiger charge is 2.43. The summed E-state index contributed by atoms with van der Waals surface area (Å²) in [6, 6.07) is 4.98. The number of hydrogen-bond donors (Lipinski definition) is 1. The van der Waals surface area contributed by atoms with Crippen LogP contribution in [0.1, 0.15) is 36.4 Å². The Hall–Kier alpha value is -0.930. The minimum Gasteiger partial charge on any atom is -0.375 e. The van der Waals surface area contributed by atoms with Crippen LogP contribution in [0, 0.1) is 18.7 Å². The molecule has 17 heavy (non-hydrogen) atoms. The van der Waals surface area contributed by atoms with E-state index in [0.29, 0.717) is 18.1 Å². The molecule has 2 fully saturated rings. The maximum atomic E-state index is 13.4. The van der Waals surface area contributed by atoms with E-state index in [2.05, 4.69) is 0 Å². The molecular formula is C14H18FNO. The fourth-order valence-electron chi connectivity index (χ4n) is 3.26. The maximum Gasteiger partial charge on any atom is 0.123 e. The fraction of sp³-hybridized carbons (Fsp3) is 0.571. The third kappa shape index (κ3) is 1.98. The zero-order chi connectivity index (χ0) is 12.0. The molecule has 0 amide bonds. The number of fused-ring (bicyclic) bond motifs is 2. The molecule has 2 nitrogen and oxygen atoms in total. The second kappa shape index (κ2) is 4.07. The molecule has 0 radical (unpaired) electrons. The highest BCUT2D eigenvalue weighted by molar-refractivity contribution is 5.27. The average molecular weight is 235 g/mol. The lowest BCUT2D eigenvalue weighted by Gasteiger charge is -2.25. The van der Waals surface area contributed by atoms with Gasteiger partial charge in [0.1, 0.15) is 5.82 Å². The van der Waals surface area contributed by atoms with Crippen molar-refractivity contribution in [3.8, 4) is 0 Å². The van der Waals surface area contributed by atoms with Gasteiger partial charge in [0.2, 0.25) is 0 Å². The SMILES string of the molecule is Cc1cc(F)cc(C(N)C2CC3CCC2O3)c1. The summed E-state index contributed by atoms with van der Waals surface area (Å²) in [7, 11) is 0. The Bertz CT molecular complexity index is 414. The quantitative estimate of drug-likeness (QED) is 0.855. The second-order valence-electron chi connectivity index (χ2n) is 5.36. The van der Waals surface area contributed by atoms with Crippen LogP contribution in [-0.2, 0) is 4.74 Å². The fourth-order valence-corrected chi connectivity index (χ4v) is 3.26. The van der Waals surface area contributed by atoms with Crippen molar-refractivity contribution in [1.29, 1.82) is 0 Å². The van der Waals surface area contributed by atoms with Crippen LogP contribution in [0.2, 0.25) is 0 Å². The highest BCUT2D eigenvalue weighted by Crippen LogP contribution is 2.43. The predicted molar refractivity (Wildman–Crippen MR) is 64.1 cm³/mol. The molecular weight excluding hydrogens is 217 g/mol. The molecule has 3 rings (SSSR count). The zero-order valence-electron chi connectivity index (χ0n) is 10.0. The van der Waals surface area contributed by atoms with Gasteiger partial charge in [-0.15, -0.1) is 0 Å². The van der Waals surface area contributed by atoms with E-state index >= 15 is 0 Å². The molecule has 0 aromatic heterocycles. The average Bonchev–Trinajstić information content (AvgIpc) is 2.88. The number of hydrogen-bond acceptors (Lipinski definition) is 2. The van der Waals surface area contributed by atoms with Gasteiger partial charge in [-0.05, 0) is 49.4 Å². The largest absolute Gasteiger partial charge is 0.375 e. The van der Waals surface area contributed by atoms with E-state index < -0.39 is 0 Å². The standard InChI is InChI=1S/C14H18FNO/c1-8-4-9(6-10(15)5-8)14(16)12-7-11-2-3-13(12)17-11/h4-6,11-14H,2-3,7,16H2,1H3. The van der Waals surface area contributed by atoms with Gasteiger partial charge >= 0.3 is 0 Å². The Morgan fingerprint density at radius 1 is 1.35 bits per heavy atom. The van der Waals surface area contributed by atoms with Crippen LogP contribution in [0.5, 0.6) is 0 Å². The van der Waals surface area contributed by atoms with E-state index in [1.807, 2.05) is 13.0 Å². The molecule has 0 saturated carbocycles. The zero-order valence-corrected chi connectivity index (χ0v) is 10.0. The lowest BCUT2D eigenvalue weighted by Crippen LogP contribution is -2.29. The van der Waals surface area contributed by atoms with Crippen molar-refractivity contribution < 1.29 is 9.13 Å². The lowest BCUT2D eigenvalue weighted by atomic mass is 9.81. The molecule has 1 aromatic carbocycles. The molecule has 92 valence electrons. The Labute approximate surface area is 101 Å². The molecule has 4 unspecified atom stereocenters. The topological polar surface area (TPSA) is 35.2 Å². The summed E-state index contributed by atoms with van der Waals surface area (Å²) in [4.78, 5) is 0. The van der Waals surface area contributed by atoms with Crippen molar-refractivity contribution in [2.24, 2.45) is 11.7 Å². The molecule has 3 heteroatoms. The number of ether oxygens (including phenoxy) is 1. The van der Waals surface area contributed by atoms with Crippen LogP contribution in [0.4, 0.5) is 4.39 Å². The van der Waals surface area contributed by atoms with Gasteiger partial charge < -0.3 is 10.5 Å². The van der Waals surface area contributed by atoms with Gasteiger partial charge in [-0.2, -0.15) is 0 Å². The summed E-state index contributed by atoms with van der Waals surface area (Å²) in [6.45, 7) is 1.90. The number of halogens is 1. The van der Waals surface area contributed by atoms with Crippen LogP contribution in [0.15, 0.2) is 18.2 Å². The van der Waals surface area contributed by atoms with Crippen molar-refractivity contribution in [3.05, 3.63) is 35.1 Å². The third-order valence-electron chi connectivity index (χ3n) is 4.06. The minimum absolute atomic E-state index is 0.0975. The first kappa shape index (κ1) is 11.2. The number of aryl methyl sites for hydroxylation is 1. The molecule has 2 saturated heterocycles.